The topological polar surface area (TPSA) is 60.5 Å². The summed E-state index contributed by atoms with van der Waals surface area (Å²) in [5.41, 5.74) is 2.18. The molecule has 0 atom stereocenters. The average Bonchev–Trinajstić information content (AvgIpc) is 2.48. The first-order valence-corrected chi connectivity index (χ1v) is 6.91. The van der Waals surface area contributed by atoms with Crippen LogP contribution in [0.25, 0.3) is 10.9 Å². The lowest BCUT2D eigenvalue weighted by Gasteiger charge is -2.10. The highest BCUT2D eigenvalue weighted by Crippen LogP contribution is 2.29. The number of fused-ring (bicyclic) bond motifs is 1. The SMILES string of the molecule is COCCOCC(=O)Nc1cccc2c(Cl)c(C)cnc12. The highest BCUT2D eigenvalue weighted by molar-refractivity contribution is 6.36. The number of halogens is 1. The van der Waals surface area contributed by atoms with Crippen molar-refractivity contribution in [2.24, 2.45) is 0 Å². The molecule has 0 aliphatic heterocycles. The largest absolute Gasteiger partial charge is 0.382 e. The van der Waals surface area contributed by atoms with Crippen LogP contribution < -0.4 is 5.32 Å². The van der Waals surface area contributed by atoms with Crippen molar-refractivity contribution in [1.82, 2.24) is 4.98 Å². The van der Waals surface area contributed by atoms with Crippen molar-refractivity contribution in [1.29, 1.82) is 0 Å². The number of hydrogen-bond acceptors (Lipinski definition) is 4. The number of para-hydroxylation sites is 1. The quantitative estimate of drug-likeness (QED) is 0.834. The van der Waals surface area contributed by atoms with E-state index in [1.54, 1.807) is 19.4 Å². The Morgan fingerprint density at radius 2 is 2.19 bits per heavy atom. The van der Waals surface area contributed by atoms with E-state index in [0.717, 1.165) is 10.9 Å². The third kappa shape index (κ3) is 3.91. The molecule has 1 aromatic heterocycles. The van der Waals surface area contributed by atoms with Crippen molar-refractivity contribution < 1.29 is 14.3 Å². The zero-order valence-electron chi connectivity index (χ0n) is 12.0. The molecule has 0 aliphatic carbocycles. The molecule has 6 heteroatoms. The van der Waals surface area contributed by atoms with E-state index >= 15 is 0 Å². The number of nitrogens with one attached hydrogen (secondary N) is 1. The molecule has 1 N–H and O–H groups in total. The lowest BCUT2D eigenvalue weighted by molar-refractivity contribution is -0.121. The number of ether oxygens (including phenoxy) is 2. The van der Waals surface area contributed by atoms with Gasteiger partial charge in [0.05, 0.1) is 29.4 Å². The summed E-state index contributed by atoms with van der Waals surface area (Å²) >= 11 is 6.26. The molecule has 2 aromatic rings. The summed E-state index contributed by atoms with van der Waals surface area (Å²) in [6, 6.07) is 5.49. The number of nitrogens with zero attached hydrogens (tertiary/aromatic N) is 1. The average molecular weight is 309 g/mol. The molecule has 0 radical (unpaired) electrons. The minimum absolute atomic E-state index is 0.0284. The van der Waals surface area contributed by atoms with Gasteiger partial charge in [0.1, 0.15) is 6.61 Å². The van der Waals surface area contributed by atoms with Gasteiger partial charge >= 0.3 is 0 Å². The van der Waals surface area contributed by atoms with E-state index in [2.05, 4.69) is 10.3 Å². The second-order valence-corrected chi connectivity index (χ2v) is 4.93. The lowest BCUT2D eigenvalue weighted by atomic mass is 10.1. The molecular formula is C15H17ClN2O3. The summed E-state index contributed by atoms with van der Waals surface area (Å²) in [5.74, 6) is -0.239. The van der Waals surface area contributed by atoms with E-state index in [4.69, 9.17) is 21.1 Å². The van der Waals surface area contributed by atoms with Crippen LogP contribution in [0.4, 0.5) is 5.69 Å². The Balaban J connectivity index is 2.12. The molecule has 0 aliphatic rings. The molecule has 1 amide bonds. The van der Waals surface area contributed by atoms with Gasteiger partial charge in [-0.2, -0.15) is 0 Å². The minimum Gasteiger partial charge on any atom is -0.382 e. The van der Waals surface area contributed by atoms with Crippen LogP contribution in [0.5, 0.6) is 0 Å². The Kier molecular flexibility index (Phi) is 5.50. The fourth-order valence-electron chi connectivity index (χ4n) is 1.88. The van der Waals surface area contributed by atoms with Crippen molar-refractivity contribution in [3.05, 3.63) is 35.0 Å². The number of aromatic nitrogens is 1. The maximum atomic E-state index is 11.8. The Morgan fingerprint density at radius 3 is 2.95 bits per heavy atom. The van der Waals surface area contributed by atoms with Crippen LogP contribution >= 0.6 is 11.6 Å². The second kappa shape index (κ2) is 7.36. The summed E-state index contributed by atoms with van der Waals surface area (Å²) in [4.78, 5) is 16.2. The molecule has 0 spiro atoms. The molecule has 21 heavy (non-hydrogen) atoms. The summed E-state index contributed by atoms with van der Waals surface area (Å²) < 4.78 is 10.0. The maximum Gasteiger partial charge on any atom is 0.250 e. The monoisotopic (exact) mass is 308 g/mol. The van der Waals surface area contributed by atoms with Gasteiger partial charge in [-0.05, 0) is 18.6 Å². The van der Waals surface area contributed by atoms with Crippen molar-refractivity contribution in [3.8, 4) is 0 Å². The lowest BCUT2D eigenvalue weighted by Crippen LogP contribution is -2.19. The molecule has 0 bridgehead atoms. The van der Waals surface area contributed by atoms with E-state index in [-0.39, 0.29) is 12.5 Å². The van der Waals surface area contributed by atoms with Crippen LogP contribution in [0.2, 0.25) is 5.02 Å². The number of aryl methyl sites for hydroxylation is 1. The molecule has 2 rings (SSSR count). The zero-order valence-corrected chi connectivity index (χ0v) is 12.7. The van der Waals surface area contributed by atoms with Crippen LogP contribution in [0, 0.1) is 6.92 Å². The fraction of sp³-hybridized carbons (Fsp3) is 0.333. The number of anilines is 1. The molecule has 1 heterocycles. The first kappa shape index (κ1) is 15.7. The summed E-state index contributed by atoms with van der Waals surface area (Å²) in [6.45, 7) is 2.70. The smallest absolute Gasteiger partial charge is 0.250 e. The molecular weight excluding hydrogens is 292 g/mol. The van der Waals surface area contributed by atoms with Gasteiger partial charge in [-0.1, -0.05) is 23.7 Å². The van der Waals surface area contributed by atoms with Crippen molar-refractivity contribution >= 4 is 34.1 Å². The number of carbonyl (C=O) groups excluding carboxylic acids is 1. The highest BCUT2D eigenvalue weighted by atomic mass is 35.5. The Morgan fingerprint density at radius 1 is 1.38 bits per heavy atom. The Hall–Kier alpha value is -1.69. The Bertz CT molecular complexity index is 646. The number of carbonyl (C=O) groups is 1. The molecule has 0 saturated carbocycles. The van der Waals surface area contributed by atoms with Crippen LogP contribution in [0.1, 0.15) is 5.56 Å². The number of hydrogen-bond donors (Lipinski definition) is 1. The molecule has 5 nitrogen and oxygen atoms in total. The predicted molar refractivity (Wildman–Crippen MR) is 82.8 cm³/mol. The third-order valence-electron chi connectivity index (χ3n) is 2.95. The maximum absolute atomic E-state index is 11.8. The van der Waals surface area contributed by atoms with Crippen LogP contribution in [-0.4, -0.2) is 37.8 Å². The summed E-state index contributed by atoms with van der Waals surface area (Å²) in [6.07, 6.45) is 1.69. The van der Waals surface area contributed by atoms with E-state index in [0.29, 0.717) is 29.4 Å². The van der Waals surface area contributed by atoms with Gasteiger partial charge < -0.3 is 14.8 Å². The van der Waals surface area contributed by atoms with Gasteiger partial charge in [-0.25, -0.2) is 0 Å². The molecule has 0 fully saturated rings. The van der Waals surface area contributed by atoms with Gasteiger partial charge in [-0.15, -0.1) is 0 Å². The summed E-state index contributed by atoms with van der Waals surface area (Å²) in [7, 11) is 1.58. The van der Waals surface area contributed by atoms with E-state index in [1.807, 2.05) is 19.1 Å². The van der Waals surface area contributed by atoms with Gasteiger partial charge in [0.25, 0.3) is 0 Å². The van der Waals surface area contributed by atoms with Crippen LogP contribution in [-0.2, 0) is 14.3 Å². The number of rotatable bonds is 6. The molecule has 0 saturated heterocycles. The fourth-order valence-corrected chi connectivity index (χ4v) is 2.09. The van der Waals surface area contributed by atoms with Crippen LogP contribution in [0.15, 0.2) is 24.4 Å². The first-order chi connectivity index (χ1) is 10.1. The predicted octanol–water partition coefficient (Wildman–Crippen LogP) is 2.80. The van der Waals surface area contributed by atoms with Crippen molar-refractivity contribution in [2.75, 3.05) is 32.2 Å². The van der Waals surface area contributed by atoms with E-state index in [9.17, 15) is 4.79 Å². The van der Waals surface area contributed by atoms with Gasteiger partial charge in [-0.3, -0.25) is 9.78 Å². The zero-order chi connectivity index (χ0) is 15.2. The molecule has 1 aromatic carbocycles. The molecule has 0 unspecified atom stereocenters. The van der Waals surface area contributed by atoms with Crippen molar-refractivity contribution in [2.45, 2.75) is 6.92 Å². The standard InChI is InChI=1S/C15H17ClN2O3/c1-10-8-17-15-11(14(10)16)4-3-5-12(15)18-13(19)9-21-7-6-20-2/h3-5,8H,6-7,9H2,1-2H3,(H,18,19). The van der Waals surface area contributed by atoms with E-state index in [1.165, 1.54) is 0 Å². The third-order valence-corrected chi connectivity index (χ3v) is 3.45. The number of methoxy groups -OCH3 is 1. The molecule has 112 valence electrons. The van der Waals surface area contributed by atoms with Crippen LogP contribution in [0.3, 0.4) is 0 Å². The van der Waals surface area contributed by atoms with Gasteiger partial charge in [0.2, 0.25) is 5.91 Å². The Labute approximate surface area is 128 Å². The van der Waals surface area contributed by atoms with Gasteiger partial charge in [0, 0.05) is 18.7 Å². The first-order valence-electron chi connectivity index (χ1n) is 6.54. The van der Waals surface area contributed by atoms with E-state index < -0.39 is 0 Å². The normalized spacial score (nSPS) is 10.8. The number of benzene rings is 1. The highest BCUT2D eigenvalue weighted by Gasteiger charge is 2.10. The second-order valence-electron chi connectivity index (χ2n) is 4.55. The van der Waals surface area contributed by atoms with Gasteiger partial charge in [0.15, 0.2) is 0 Å². The van der Waals surface area contributed by atoms with Crippen molar-refractivity contribution in [3.63, 3.8) is 0 Å². The summed E-state index contributed by atoms with van der Waals surface area (Å²) in [5, 5.41) is 4.24. The number of amides is 1. The number of pyridine rings is 1. The minimum atomic E-state index is -0.239.